The molecule has 0 amide bonds. The Hall–Kier alpha value is -3.48. The lowest BCUT2D eigenvalue weighted by molar-refractivity contribution is 0.466. The molecule has 0 saturated carbocycles. The summed E-state index contributed by atoms with van der Waals surface area (Å²) in [5, 5.41) is 14.0. The zero-order valence-corrected chi connectivity index (χ0v) is 14.1. The van der Waals surface area contributed by atoms with E-state index in [9.17, 15) is 14.7 Å². The Morgan fingerprint density at radius 1 is 1.04 bits per heavy atom. The van der Waals surface area contributed by atoms with Gasteiger partial charge in [0.15, 0.2) is 0 Å². The van der Waals surface area contributed by atoms with Crippen LogP contribution in [0.2, 0.25) is 0 Å². The predicted octanol–water partition coefficient (Wildman–Crippen LogP) is 2.84. The van der Waals surface area contributed by atoms with Crippen LogP contribution in [0.4, 0.5) is 5.69 Å². The summed E-state index contributed by atoms with van der Waals surface area (Å²) in [5.74, 6) is 0.120. The van der Waals surface area contributed by atoms with Crippen molar-refractivity contribution in [3.05, 3.63) is 68.4 Å². The van der Waals surface area contributed by atoms with Gasteiger partial charge < -0.3 is 24.8 Å². The Bertz CT molecular complexity index is 1230. The highest BCUT2D eigenvalue weighted by Gasteiger charge is 2.10. The number of H-pyrrole nitrogens is 2. The van der Waals surface area contributed by atoms with Crippen LogP contribution in [-0.4, -0.2) is 15.1 Å². The number of aryl methyl sites for hydroxylation is 1. The van der Waals surface area contributed by atoms with E-state index in [0.29, 0.717) is 24.1 Å². The molecule has 0 fully saturated rings. The second kappa shape index (κ2) is 6.11. The van der Waals surface area contributed by atoms with Crippen molar-refractivity contribution in [2.45, 2.75) is 19.9 Å². The Balaban J connectivity index is 1.71. The van der Waals surface area contributed by atoms with E-state index in [1.807, 2.05) is 25.1 Å². The fourth-order valence-electron chi connectivity index (χ4n) is 3.08. The predicted molar refractivity (Wildman–Crippen MR) is 99.8 cm³/mol. The third kappa shape index (κ3) is 2.83. The van der Waals surface area contributed by atoms with E-state index in [2.05, 4.69) is 15.3 Å². The molecular formula is C19H17N3O4. The highest BCUT2D eigenvalue weighted by Crippen LogP contribution is 2.27. The van der Waals surface area contributed by atoms with Crippen LogP contribution in [0, 0.1) is 0 Å². The van der Waals surface area contributed by atoms with Gasteiger partial charge in [0.1, 0.15) is 11.3 Å². The van der Waals surface area contributed by atoms with Crippen LogP contribution in [0.25, 0.3) is 22.0 Å². The maximum Gasteiger partial charge on any atom is 0.336 e. The molecule has 0 spiro atoms. The number of hydrogen-bond donors (Lipinski definition) is 4. The number of fused-ring (bicyclic) bond motifs is 2. The van der Waals surface area contributed by atoms with Crippen LogP contribution in [-0.2, 0) is 13.0 Å². The van der Waals surface area contributed by atoms with Crippen LogP contribution in [0.3, 0.4) is 0 Å². The van der Waals surface area contributed by atoms with Crippen molar-refractivity contribution >= 4 is 27.7 Å². The number of nitrogens with one attached hydrogen (secondary N) is 3. The number of aromatic amines is 2. The number of phenolic OH excluding ortho intramolecular Hbond substituents is 1. The van der Waals surface area contributed by atoms with Crippen LogP contribution >= 0.6 is 0 Å². The minimum atomic E-state index is -0.469. The highest BCUT2D eigenvalue weighted by atomic mass is 16.4. The summed E-state index contributed by atoms with van der Waals surface area (Å²) < 4.78 is 5.21. The van der Waals surface area contributed by atoms with Gasteiger partial charge in [-0.1, -0.05) is 6.92 Å². The molecule has 0 aliphatic carbocycles. The summed E-state index contributed by atoms with van der Waals surface area (Å²) in [4.78, 5) is 28.6. The van der Waals surface area contributed by atoms with Crippen LogP contribution in [0.5, 0.6) is 5.75 Å². The van der Waals surface area contributed by atoms with E-state index >= 15 is 0 Å². The number of rotatable bonds is 4. The summed E-state index contributed by atoms with van der Waals surface area (Å²) in [7, 11) is 0. The molecule has 0 unspecified atom stereocenters. The molecular weight excluding hydrogens is 334 g/mol. The van der Waals surface area contributed by atoms with Gasteiger partial charge >= 0.3 is 11.3 Å². The maximum absolute atomic E-state index is 11.8. The fraction of sp³-hybridized carbons (Fsp3) is 0.158. The smallest absolute Gasteiger partial charge is 0.336 e. The molecule has 0 bridgehead atoms. The van der Waals surface area contributed by atoms with Gasteiger partial charge in [-0.25, -0.2) is 9.59 Å². The number of anilines is 1. The molecule has 4 N–H and O–H groups in total. The number of imidazole rings is 1. The van der Waals surface area contributed by atoms with Gasteiger partial charge in [0.25, 0.3) is 0 Å². The first-order valence-corrected chi connectivity index (χ1v) is 8.28. The van der Waals surface area contributed by atoms with Gasteiger partial charge in [0.2, 0.25) is 0 Å². The highest BCUT2D eigenvalue weighted by molar-refractivity contribution is 5.83. The SMILES string of the molecule is CCc1cc2c(CNc3ccc4[nH]c(=O)[nH]c4c3)cc(=O)oc2cc1O. The topological polar surface area (TPSA) is 111 Å². The summed E-state index contributed by atoms with van der Waals surface area (Å²) >= 11 is 0. The molecule has 0 aliphatic rings. The average molecular weight is 351 g/mol. The zero-order valence-electron chi connectivity index (χ0n) is 14.1. The average Bonchev–Trinajstić information content (AvgIpc) is 2.98. The van der Waals surface area contributed by atoms with E-state index in [1.165, 1.54) is 12.1 Å². The maximum atomic E-state index is 11.8. The molecule has 2 aromatic carbocycles. The van der Waals surface area contributed by atoms with Crippen molar-refractivity contribution < 1.29 is 9.52 Å². The first-order chi connectivity index (χ1) is 12.5. The van der Waals surface area contributed by atoms with E-state index in [0.717, 1.165) is 27.7 Å². The zero-order chi connectivity index (χ0) is 18.3. The molecule has 26 heavy (non-hydrogen) atoms. The van der Waals surface area contributed by atoms with Crippen molar-refractivity contribution in [1.82, 2.24) is 9.97 Å². The van der Waals surface area contributed by atoms with Crippen molar-refractivity contribution in [3.8, 4) is 5.75 Å². The monoisotopic (exact) mass is 351 g/mol. The minimum absolute atomic E-state index is 0.120. The Labute approximate surface area is 147 Å². The normalized spacial score (nSPS) is 11.3. The number of hydrogen-bond acceptors (Lipinski definition) is 5. The van der Waals surface area contributed by atoms with Crippen molar-refractivity contribution in [3.63, 3.8) is 0 Å². The van der Waals surface area contributed by atoms with Gasteiger partial charge in [-0.15, -0.1) is 0 Å². The fourth-order valence-corrected chi connectivity index (χ4v) is 3.08. The molecule has 0 aliphatic heterocycles. The summed E-state index contributed by atoms with van der Waals surface area (Å²) in [6.45, 7) is 2.35. The number of benzene rings is 2. The Morgan fingerprint density at radius 2 is 1.85 bits per heavy atom. The molecule has 0 atom stereocenters. The molecule has 7 heteroatoms. The number of aromatic nitrogens is 2. The lowest BCUT2D eigenvalue weighted by atomic mass is 10.0. The Kier molecular flexibility index (Phi) is 3.76. The molecule has 132 valence electrons. The van der Waals surface area contributed by atoms with Crippen LogP contribution in [0.1, 0.15) is 18.1 Å². The quantitative estimate of drug-likeness (QED) is 0.423. The minimum Gasteiger partial charge on any atom is -0.508 e. The third-order valence-corrected chi connectivity index (χ3v) is 4.41. The molecule has 0 radical (unpaired) electrons. The van der Waals surface area contributed by atoms with E-state index < -0.39 is 5.63 Å². The molecule has 4 aromatic rings. The summed E-state index contributed by atoms with van der Waals surface area (Å²) in [5.41, 5.74) is 3.44. The third-order valence-electron chi connectivity index (χ3n) is 4.41. The van der Waals surface area contributed by atoms with Gasteiger partial charge in [-0.2, -0.15) is 0 Å². The number of aromatic hydroxyl groups is 1. The van der Waals surface area contributed by atoms with Gasteiger partial charge in [0, 0.05) is 29.8 Å². The van der Waals surface area contributed by atoms with Crippen LogP contribution in [0.15, 0.2) is 50.4 Å². The molecule has 2 aromatic heterocycles. The van der Waals surface area contributed by atoms with Crippen molar-refractivity contribution in [2.75, 3.05) is 5.32 Å². The number of phenols is 1. The molecule has 4 rings (SSSR count). The molecule has 0 saturated heterocycles. The molecule has 2 heterocycles. The largest absolute Gasteiger partial charge is 0.508 e. The van der Waals surface area contributed by atoms with E-state index in [-0.39, 0.29) is 11.4 Å². The lowest BCUT2D eigenvalue weighted by Gasteiger charge is -2.10. The second-order valence-electron chi connectivity index (χ2n) is 6.11. The van der Waals surface area contributed by atoms with Gasteiger partial charge in [-0.3, -0.25) is 0 Å². The van der Waals surface area contributed by atoms with E-state index in [1.54, 1.807) is 6.07 Å². The first kappa shape index (κ1) is 16.0. The summed E-state index contributed by atoms with van der Waals surface area (Å²) in [6, 6.07) is 10.3. The first-order valence-electron chi connectivity index (χ1n) is 8.28. The van der Waals surface area contributed by atoms with E-state index in [4.69, 9.17) is 4.42 Å². The Morgan fingerprint density at radius 3 is 2.65 bits per heavy atom. The summed E-state index contributed by atoms with van der Waals surface area (Å²) in [6.07, 6.45) is 0.672. The lowest BCUT2D eigenvalue weighted by Crippen LogP contribution is -2.06. The van der Waals surface area contributed by atoms with Gasteiger partial charge in [0.05, 0.1) is 11.0 Å². The van der Waals surface area contributed by atoms with Crippen molar-refractivity contribution in [2.24, 2.45) is 0 Å². The molecule has 7 nitrogen and oxygen atoms in total. The van der Waals surface area contributed by atoms with Crippen LogP contribution < -0.4 is 16.6 Å². The standard InChI is InChI=1S/C19H17N3O4/c1-2-10-5-13-11(6-18(24)26-17(13)8-16(10)23)9-20-12-3-4-14-15(7-12)22-19(25)21-14/h3-8,20,23H,2,9H2,1H3,(H2,21,22,25). The van der Waals surface area contributed by atoms with Gasteiger partial charge in [-0.05, 0) is 41.8 Å². The second-order valence-corrected chi connectivity index (χ2v) is 6.11. The van der Waals surface area contributed by atoms with Crippen molar-refractivity contribution in [1.29, 1.82) is 0 Å².